The third-order valence-corrected chi connectivity index (χ3v) is 4.24. The quantitative estimate of drug-likeness (QED) is 0.752. The van der Waals surface area contributed by atoms with Crippen LogP contribution in [-0.2, 0) is 4.79 Å². The zero-order valence-electron chi connectivity index (χ0n) is 13.1. The predicted molar refractivity (Wildman–Crippen MR) is 95.6 cm³/mol. The van der Waals surface area contributed by atoms with Gasteiger partial charge in [-0.05, 0) is 49.7 Å². The molecular weight excluding hydrogens is 356 g/mol. The van der Waals surface area contributed by atoms with E-state index < -0.39 is 0 Å². The van der Waals surface area contributed by atoms with E-state index in [1.165, 1.54) is 6.92 Å². The molecule has 2 N–H and O–H groups in total. The summed E-state index contributed by atoms with van der Waals surface area (Å²) in [6.07, 6.45) is 0. The van der Waals surface area contributed by atoms with E-state index in [2.05, 4.69) is 26.6 Å². The molecule has 0 unspecified atom stereocenters. The molecule has 0 saturated carbocycles. The summed E-state index contributed by atoms with van der Waals surface area (Å²) < 4.78 is 1.01. The summed E-state index contributed by atoms with van der Waals surface area (Å²) in [4.78, 5) is 23.2. The highest BCUT2D eigenvalue weighted by atomic mass is 79.9. The lowest BCUT2D eigenvalue weighted by Crippen LogP contribution is -2.30. The number of rotatable bonds is 6. The summed E-state index contributed by atoms with van der Waals surface area (Å²) in [6.45, 7) is 3.73. The first-order valence-electron chi connectivity index (χ1n) is 7.36. The zero-order valence-corrected chi connectivity index (χ0v) is 14.7. The maximum atomic E-state index is 12.0. The molecule has 5 heteroatoms. The molecule has 1 amide bonds. The lowest BCUT2D eigenvalue weighted by atomic mass is 10.1. The fourth-order valence-electron chi connectivity index (χ4n) is 2.18. The molecule has 0 aliphatic carbocycles. The second-order valence-electron chi connectivity index (χ2n) is 5.31. The van der Waals surface area contributed by atoms with E-state index >= 15 is 0 Å². The van der Waals surface area contributed by atoms with Gasteiger partial charge in [-0.1, -0.05) is 34.1 Å². The van der Waals surface area contributed by atoms with Gasteiger partial charge in [-0.15, -0.1) is 0 Å². The Kier molecular flexibility index (Phi) is 6.07. The van der Waals surface area contributed by atoms with Crippen LogP contribution in [0.2, 0.25) is 0 Å². The highest BCUT2D eigenvalue weighted by molar-refractivity contribution is 9.10. The Morgan fingerprint density at radius 1 is 1.09 bits per heavy atom. The van der Waals surface area contributed by atoms with Crippen LogP contribution in [-0.4, -0.2) is 18.2 Å². The highest BCUT2D eigenvalue weighted by Crippen LogP contribution is 2.22. The maximum Gasteiger partial charge on any atom is 0.238 e. The zero-order chi connectivity index (χ0) is 16.8. The smallest absolute Gasteiger partial charge is 0.238 e. The highest BCUT2D eigenvalue weighted by Gasteiger charge is 2.10. The number of Topliss-reactive ketones (excluding diaryl/α,β-unsaturated/α-hetero) is 1. The Balaban J connectivity index is 1.87. The van der Waals surface area contributed by atoms with E-state index in [-0.39, 0.29) is 24.3 Å². The largest absolute Gasteiger partial charge is 0.325 e. The molecule has 2 aromatic rings. The molecule has 4 nitrogen and oxygen atoms in total. The molecule has 0 heterocycles. The van der Waals surface area contributed by atoms with Gasteiger partial charge in [-0.3, -0.25) is 9.59 Å². The number of hydrogen-bond donors (Lipinski definition) is 2. The molecule has 2 aromatic carbocycles. The fourth-order valence-corrected chi connectivity index (χ4v) is 2.80. The number of hydrogen-bond acceptors (Lipinski definition) is 3. The van der Waals surface area contributed by atoms with E-state index in [9.17, 15) is 9.59 Å². The predicted octanol–water partition coefficient (Wildman–Crippen LogP) is 3.94. The van der Waals surface area contributed by atoms with Crippen molar-refractivity contribution < 1.29 is 9.59 Å². The van der Waals surface area contributed by atoms with E-state index in [1.807, 2.05) is 31.2 Å². The number of ketones is 1. The number of carbonyl (C=O) groups excluding carboxylic acids is 2. The first-order chi connectivity index (χ1) is 11.0. The Morgan fingerprint density at radius 3 is 2.35 bits per heavy atom. The van der Waals surface area contributed by atoms with E-state index in [0.717, 1.165) is 10.0 Å². The monoisotopic (exact) mass is 374 g/mol. The van der Waals surface area contributed by atoms with Gasteiger partial charge in [0.15, 0.2) is 5.78 Å². The second-order valence-corrected chi connectivity index (χ2v) is 6.16. The summed E-state index contributed by atoms with van der Waals surface area (Å²) in [7, 11) is 0. The van der Waals surface area contributed by atoms with Gasteiger partial charge in [0.25, 0.3) is 0 Å². The number of carbonyl (C=O) groups is 2. The van der Waals surface area contributed by atoms with Gasteiger partial charge < -0.3 is 10.6 Å². The van der Waals surface area contributed by atoms with Gasteiger partial charge in [-0.2, -0.15) is 0 Å². The first-order valence-corrected chi connectivity index (χ1v) is 8.15. The standard InChI is InChI=1S/C18H19BrN2O2/c1-12(16-5-3-4-6-17(16)19)20-11-18(23)21-15-9-7-14(8-10-15)13(2)22/h3-10,12,20H,11H2,1-2H3,(H,21,23)/t12-/m0/s1. The van der Waals surface area contributed by atoms with Crippen molar-refractivity contribution in [2.45, 2.75) is 19.9 Å². The molecule has 2 rings (SSSR count). The topological polar surface area (TPSA) is 58.2 Å². The Morgan fingerprint density at radius 2 is 1.74 bits per heavy atom. The molecular formula is C18H19BrN2O2. The molecule has 0 aromatic heterocycles. The third-order valence-electron chi connectivity index (χ3n) is 3.52. The molecule has 0 aliphatic rings. The number of benzene rings is 2. The van der Waals surface area contributed by atoms with Gasteiger partial charge in [0.05, 0.1) is 6.54 Å². The number of nitrogens with one attached hydrogen (secondary N) is 2. The minimum atomic E-state index is -0.125. The molecule has 0 bridgehead atoms. The second kappa shape index (κ2) is 8.04. The average Bonchev–Trinajstić information content (AvgIpc) is 2.53. The SMILES string of the molecule is CC(=O)c1ccc(NC(=O)CN[C@@H](C)c2ccccc2Br)cc1. The average molecular weight is 375 g/mol. The lowest BCUT2D eigenvalue weighted by molar-refractivity contribution is -0.115. The molecule has 23 heavy (non-hydrogen) atoms. The van der Waals surface area contributed by atoms with Crippen molar-refractivity contribution in [2.24, 2.45) is 0 Å². The van der Waals surface area contributed by atoms with Crippen LogP contribution in [0.1, 0.15) is 35.8 Å². The summed E-state index contributed by atoms with van der Waals surface area (Å²) in [6, 6.07) is 14.8. The van der Waals surface area contributed by atoms with Crippen molar-refractivity contribution in [2.75, 3.05) is 11.9 Å². The summed E-state index contributed by atoms with van der Waals surface area (Å²) >= 11 is 3.51. The summed E-state index contributed by atoms with van der Waals surface area (Å²) in [5, 5.41) is 6.00. The molecule has 120 valence electrons. The van der Waals surface area contributed by atoms with Crippen LogP contribution < -0.4 is 10.6 Å². The van der Waals surface area contributed by atoms with Crippen molar-refractivity contribution in [3.8, 4) is 0 Å². The Bertz CT molecular complexity index is 698. The van der Waals surface area contributed by atoms with Crippen LogP contribution >= 0.6 is 15.9 Å². The summed E-state index contributed by atoms with van der Waals surface area (Å²) in [5.74, 6) is -0.119. The Labute approximate surface area is 144 Å². The van der Waals surface area contributed by atoms with Gasteiger partial charge in [0, 0.05) is 21.8 Å². The minimum Gasteiger partial charge on any atom is -0.325 e. The fraction of sp³-hybridized carbons (Fsp3) is 0.222. The number of anilines is 1. The van der Waals surface area contributed by atoms with Gasteiger partial charge in [-0.25, -0.2) is 0 Å². The summed E-state index contributed by atoms with van der Waals surface area (Å²) in [5.41, 5.74) is 2.41. The van der Waals surface area contributed by atoms with E-state index in [0.29, 0.717) is 11.3 Å². The van der Waals surface area contributed by atoms with Crippen LogP contribution in [0, 0.1) is 0 Å². The normalized spacial score (nSPS) is 11.8. The molecule has 0 spiro atoms. The van der Waals surface area contributed by atoms with Crippen molar-refractivity contribution >= 4 is 33.3 Å². The van der Waals surface area contributed by atoms with Crippen molar-refractivity contribution in [1.82, 2.24) is 5.32 Å². The first kappa shape index (κ1) is 17.4. The van der Waals surface area contributed by atoms with Crippen LogP contribution in [0.4, 0.5) is 5.69 Å². The molecule has 0 aliphatic heterocycles. The minimum absolute atomic E-state index is 0.00630. The number of halogens is 1. The molecule has 1 atom stereocenters. The molecule has 0 radical (unpaired) electrons. The van der Waals surface area contributed by atoms with Crippen LogP contribution in [0.5, 0.6) is 0 Å². The number of amides is 1. The molecule has 0 fully saturated rings. The van der Waals surface area contributed by atoms with Gasteiger partial charge >= 0.3 is 0 Å². The third kappa shape index (κ3) is 5.01. The van der Waals surface area contributed by atoms with Crippen molar-refractivity contribution in [3.05, 3.63) is 64.1 Å². The van der Waals surface area contributed by atoms with Crippen molar-refractivity contribution in [3.63, 3.8) is 0 Å². The van der Waals surface area contributed by atoms with Crippen LogP contribution in [0.3, 0.4) is 0 Å². The Hall–Kier alpha value is -1.98. The molecule has 0 saturated heterocycles. The lowest BCUT2D eigenvalue weighted by Gasteiger charge is -2.15. The van der Waals surface area contributed by atoms with E-state index in [4.69, 9.17) is 0 Å². The van der Waals surface area contributed by atoms with Gasteiger partial charge in [0.1, 0.15) is 0 Å². The van der Waals surface area contributed by atoms with E-state index in [1.54, 1.807) is 24.3 Å². The van der Waals surface area contributed by atoms with Crippen molar-refractivity contribution in [1.29, 1.82) is 0 Å². The van der Waals surface area contributed by atoms with Gasteiger partial charge in [0.2, 0.25) is 5.91 Å². The van der Waals surface area contributed by atoms with Crippen LogP contribution in [0.25, 0.3) is 0 Å². The van der Waals surface area contributed by atoms with Crippen LogP contribution in [0.15, 0.2) is 53.0 Å². The maximum absolute atomic E-state index is 12.0.